The van der Waals surface area contributed by atoms with Gasteiger partial charge in [-0.25, -0.2) is 0 Å². The number of hydrogen-bond donors (Lipinski definition) is 0. The molecule has 48 valence electrons. The SMILES string of the molecule is CC1=C([N+](=O)[O-])C=CC1. The Morgan fingerprint density at radius 1 is 1.78 bits per heavy atom. The van der Waals surface area contributed by atoms with Crippen molar-refractivity contribution in [3.63, 3.8) is 0 Å². The first-order valence-corrected chi connectivity index (χ1v) is 2.72. The third kappa shape index (κ3) is 0.988. The van der Waals surface area contributed by atoms with Gasteiger partial charge in [0.1, 0.15) is 0 Å². The highest BCUT2D eigenvalue weighted by Gasteiger charge is 2.14. The monoisotopic (exact) mass is 125 g/mol. The molecule has 0 bridgehead atoms. The van der Waals surface area contributed by atoms with Gasteiger partial charge in [-0.3, -0.25) is 10.1 Å². The molecule has 0 unspecified atom stereocenters. The molecule has 0 saturated carbocycles. The van der Waals surface area contributed by atoms with Crippen LogP contribution >= 0.6 is 0 Å². The summed E-state index contributed by atoms with van der Waals surface area (Å²) in [5.74, 6) is 0. The van der Waals surface area contributed by atoms with Crippen molar-refractivity contribution in [3.05, 3.63) is 33.5 Å². The zero-order chi connectivity index (χ0) is 6.85. The lowest BCUT2D eigenvalue weighted by molar-refractivity contribution is -0.419. The first-order valence-electron chi connectivity index (χ1n) is 2.72. The fourth-order valence-electron chi connectivity index (χ4n) is 0.811. The largest absolute Gasteiger partial charge is 0.268 e. The van der Waals surface area contributed by atoms with Gasteiger partial charge in [0, 0.05) is 11.6 Å². The quantitative estimate of drug-likeness (QED) is 0.393. The van der Waals surface area contributed by atoms with Gasteiger partial charge in [-0.05, 0) is 13.3 Å². The third-order valence-electron chi connectivity index (χ3n) is 1.33. The Morgan fingerprint density at radius 2 is 2.44 bits per heavy atom. The van der Waals surface area contributed by atoms with E-state index in [-0.39, 0.29) is 10.6 Å². The van der Waals surface area contributed by atoms with Gasteiger partial charge >= 0.3 is 0 Å². The summed E-state index contributed by atoms with van der Waals surface area (Å²) in [6.45, 7) is 1.78. The minimum Gasteiger partial charge on any atom is -0.258 e. The van der Waals surface area contributed by atoms with Gasteiger partial charge in [-0.15, -0.1) is 0 Å². The second-order valence-electron chi connectivity index (χ2n) is 2.03. The fourth-order valence-corrected chi connectivity index (χ4v) is 0.811. The molecule has 1 rings (SSSR count). The Hall–Kier alpha value is -1.12. The van der Waals surface area contributed by atoms with Crippen LogP contribution in [0, 0.1) is 10.1 Å². The predicted octanol–water partition coefficient (Wildman–Crippen LogP) is 1.50. The maximum Gasteiger partial charge on any atom is 0.268 e. The number of nitrogens with zero attached hydrogens (tertiary/aromatic N) is 1. The number of rotatable bonds is 1. The maximum atomic E-state index is 10.1. The molecule has 0 radical (unpaired) electrons. The summed E-state index contributed by atoms with van der Waals surface area (Å²) in [6.07, 6.45) is 4.08. The van der Waals surface area contributed by atoms with E-state index >= 15 is 0 Å². The summed E-state index contributed by atoms with van der Waals surface area (Å²) >= 11 is 0. The topological polar surface area (TPSA) is 43.1 Å². The fraction of sp³-hybridized carbons (Fsp3) is 0.333. The van der Waals surface area contributed by atoms with Gasteiger partial charge < -0.3 is 0 Å². The van der Waals surface area contributed by atoms with E-state index in [1.807, 2.05) is 0 Å². The van der Waals surface area contributed by atoms with Crippen LogP contribution in [-0.2, 0) is 0 Å². The molecule has 0 atom stereocenters. The average Bonchev–Trinajstić information content (AvgIpc) is 2.13. The van der Waals surface area contributed by atoms with Crippen molar-refractivity contribution in [1.82, 2.24) is 0 Å². The zero-order valence-corrected chi connectivity index (χ0v) is 5.13. The first kappa shape index (κ1) is 6.01. The number of hydrogen-bond acceptors (Lipinski definition) is 2. The lowest BCUT2D eigenvalue weighted by atomic mass is 10.2. The smallest absolute Gasteiger partial charge is 0.258 e. The van der Waals surface area contributed by atoms with E-state index in [0.717, 1.165) is 12.0 Å². The molecule has 0 aromatic heterocycles. The van der Waals surface area contributed by atoms with E-state index in [1.165, 1.54) is 0 Å². The normalized spacial score (nSPS) is 17.0. The highest BCUT2D eigenvalue weighted by molar-refractivity contribution is 5.26. The van der Waals surface area contributed by atoms with Crippen molar-refractivity contribution < 1.29 is 4.92 Å². The van der Waals surface area contributed by atoms with Gasteiger partial charge in [0.25, 0.3) is 5.70 Å². The van der Waals surface area contributed by atoms with Crippen molar-refractivity contribution in [2.75, 3.05) is 0 Å². The van der Waals surface area contributed by atoms with Gasteiger partial charge in [-0.1, -0.05) is 6.08 Å². The highest BCUT2D eigenvalue weighted by Crippen LogP contribution is 2.17. The van der Waals surface area contributed by atoms with Crippen molar-refractivity contribution in [1.29, 1.82) is 0 Å². The minimum atomic E-state index is -0.348. The van der Waals surface area contributed by atoms with Crippen LogP contribution in [0.3, 0.4) is 0 Å². The van der Waals surface area contributed by atoms with Crippen LogP contribution in [0.2, 0.25) is 0 Å². The zero-order valence-electron chi connectivity index (χ0n) is 5.13. The molecular formula is C6H7NO2. The van der Waals surface area contributed by atoms with Gasteiger partial charge in [-0.2, -0.15) is 0 Å². The van der Waals surface area contributed by atoms with Crippen LogP contribution in [0.15, 0.2) is 23.4 Å². The minimum absolute atomic E-state index is 0.259. The van der Waals surface area contributed by atoms with E-state index in [2.05, 4.69) is 0 Å². The van der Waals surface area contributed by atoms with E-state index in [0.29, 0.717) is 0 Å². The highest BCUT2D eigenvalue weighted by atomic mass is 16.6. The van der Waals surface area contributed by atoms with Crippen molar-refractivity contribution in [2.24, 2.45) is 0 Å². The van der Waals surface area contributed by atoms with Crippen LogP contribution in [0.5, 0.6) is 0 Å². The van der Waals surface area contributed by atoms with E-state index in [1.54, 1.807) is 19.1 Å². The standard InChI is InChI=1S/C6H7NO2/c1-5-3-2-4-6(5)7(8)9/h2,4H,3H2,1H3. The lowest BCUT2D eigenvalue weighted by Crippen LogP contribution is -1.94. The van der Waals surface area contributed by atoms with Gasteiger partial charge in [0.2, 0.25) is 0 Å². The average molecular weight is 125 g/mol. The molecule has 0 heterocycles. The van der Waals surface area contributed by atoms with Crippen LogP contribution in [-0.4, -0.2) is 4.92 Å². The van der Waals surface area contributed by atoms with Crippen molar-refractivity contribution >= 4 is 0 Å². The van der Waals surface area contributed by atoms with Crippen LogP contribution in [0.4, 0.5) is 0 Å². The second kappa shape index (κ2) is 2.01. The van der Waals surface area contributed by atoms with E-state index in [4.69, 9.17) is 0 Å². The Kier molecular flexibility index (Phi) is 1.34. The van der Waals surface area contributed by atoms with Gasteiger partial charge in [0.05, 0.1) is 4.92 Å². The van der Waals surface area contributed by atoms with Crippen molar-refractivity contribution in [3.8, 4) is 0 Å². The number of nitro groups is 1. The molecule has 3 heteroatoms. The van der Waals surface area contributed by atoms with E-state index < -0.39 is 0 Å². The molecule has 1 aliphatic carbocycles. The molecule has 1 aliphatic rings. The molecule has 0 spiro atoms. The third-order valence-corrected chi connectivity index (χ3v) is 1.33. The summed E-state index contributed by atoms with van der Waals surface area (Å²) in [5, 5.41) is 10.1. The lowest BCUT2D eigenvalue weighted by Gasteiger charge is -1.88. The molecule has 0 aromatic carbocycles. The summed E-state index contributed by atoms with van der Waals surface area (Å²) in [7, 11) is 0. The summed E-state index contributed by atoms with van der Waals surface area (Å²) in [5.41, 5.74) is 1.11. The molecule has 0 N–H and O–H groups in total. The molecule has 0 fully saturated rings. The molecule has 0 aromatic rings. The van der Waals surface area contributed by atoms with E-state index in [9.17, 15) is 10.1 Å². The first-order chi connectivity index (χ1) is 4.22. The maximum absolute atomic E-state index is 10.1. The number of allylic oxidation sites excluding steroid dienone is 3. The summed E-state index contributed by atoms with van der Waals surface area (Å²) in [4.78, 5) is 9.76. The summed E-state index contributed by atoms with van der Waals surface area (Å²) < 4.78 is 0. The van der Waals surface area contributed by atoms with Crippen LogP contribution in [0.25, 0.3) is 0 Å². The van der Waals surface area contributed by atoms with Gasteiger partial charge in [0.15, 0.2) is 0 Å². The molecule has 9 heavy (non-hydrogen) atoms. The molecule has 0 amide bonds. The Morgan fingerprint density at radius 3 is 2.67 bits per heavy atom. The molecule has 3 nitrogen and oxygen atoms in total. The Labute approximate surface area is 52.8 Å². The molecule has 0 saturated heterocycles. The second-order valence-corrected chi connectivity index (χ2v) is 2.03. The summed E-state index contributed by atoms with van der Waals surface area (Å²) in [6, 6.07) is 0. The molecule has 0 aliphatic heterocycles. The van der Waals surface area contributed by atoms with Crippen molar-refractivity contribution in [2.45, 2.75) is 13.3 Å². The molecular weight excluding hydrogens is 118 g/mol. The Bertz CT molecular complexity index is 203. The predicted molar refractivity (Wildman–Crippen MR) is 33.5 cm³/mol. The van der Waals surface area contributed by atoms with Crippen LogP contribution in [0.1, 0.15) is 13.3 Å². The Balaban J connectivity index is 2.89. The van der Waals surface area contributed by atoms with Crippen LogP contribution < -0.4 is 0 Å².